The van der Waals surface area contributed by atoms with Crippen molar-refractivity contribution in [2.45, 2.75) is 32.2 Å². The van der Waals surface area contributed by atoms with Crippen LogP contribution in [-0.2, 0) is 0 Å². The topological polar surface area (TPSA) is 39.2 Å². The van der Waals surface area contributed by atoms with E-state index in [4.69, 9.17) is 10.2 Å². The zero-order valence-corrected chi connectivity index (χ0v) is 7.42. The zero-order valence-electron chi connectivity index (χ0n) is 7.42. The van der Waals surface area contributed by atoms with Crippen molar-refractivity contribution in [1.29, 1.82) is 0 Å². The van der Waals surface area contributed by atoms with Crippen molar-refractivity contribution in [3.63, 3.8) is 0 Å². The molecule has 0 aliphatic heterocycles. The predicted molar refractivity (Wildman–Crippen MR) is 47.7 cm³/mol. The average molecular weight is 165 g/mol. The number of hydrogen-bond acceptors (Lipinski definition) is 2. The molecule has 1 atom stereocenters. The molecule has 2 rings (SSSR count). The molecule has 1 heterocycles. The summed E-state index contributed by atoms with van der Waals surface area (Å²) < 4.78 is 5.21. The van der Waals surface area contributed by atoms with Gasteiger partial charge >= 0.3 is 0 Å². The monoisotopic (exact) mass is 165 g/mol. The average Bonchev–Trinajstić information content (AvgIpc) is 2.72. The summed E-state index contributed by atoms with van der Waals surface area (Å²) in [5, 5.41) is 0. The molecule has 0 amide bonds. The van der Waals surface area contributed by atoms with Gasteiger partial charge < -0.3 is 10.2 Å². The Morgan fingerprint density at radius 3 is 2.92 bits per heavy atom. The first-order valence-electron chi connectivity index (χ1n) is 4.57. The fourth-order valence-corrected chi connectivity index (χ4v) is 1.62. The van der Waals surface area contributed by atoms with Gasteiger partial charge in [0, 0.05) is 11.6 Å². The summed E-state index contributed by atoms with van der Waals surface area (Å²) in [4.78, 5) is 0. The summed E-state index contributed by atoms with van der Waals surface area (Å²) in [6.07, 6.45) is 5.58. The first-order valence-corrected chi connectivity index (χ1v) is 4.57. The molecule has 66 valence electrons. The Hall–Kier alpha value is -0.760. The molecule has 0 saturated heterocycles. The number of nitrogens with two attached hydrogens (primary N) is 1. The Morgan fingerprint density at radius 1 is 1.67 bits per heavy atom. The third-order valence-corrected chi connectivity index (χ3v) is 2.58. The number of aryl methyl sites for hydroxylation is 1. The van der Waals surface area contributed by atoms with E-state index in [1.54, 1.807) is 6.26 Å². The first-order chi connectivity index (χ1) is 5.77. The second kappa shape index (κ2) is 2.94. The van der Waals surface area contributed by atoms with Crippen molar-refractivity contribution in [1.82, 2.24) is 0 Å². The van der Waals surface area contributed by atoms with Gasteiger partial charge in [0.2, 0.25) is 0 Å². The zero-order chi connectivity index (χ0) is 8.55. The maximum atomic E-state index is 6.02. The van der Waals surface area contributed by atoms with Crippen LogP contribution in [0.5, 0.6) is 0 Å². The highest BCUT2D eigenvalue weighted by atomic mass is 16.3. The van der Waals surface area contributed by atoms with E-state index in [2.05, 4.69) is 0 Å². The van der Waals surface area contributed by atoms with E-state index in [1.807, 2.05) is 13.0 Å². The largest absolute Gasteiger partial charge is 0.469 e. The van der Waals surface area contributed by atoms with Crippen molar-refractivity contribution < 1.29 is 4.42 Å². The van der Waals surface area contributed by atoms with Gasteiger partial charge in [-0.25, -0.2) is 0 Å². The van der Waals surface area contributed by atoms with E-state index in [1.165, 1.54) is 18.4 Å². The third kappa shape index (κ3) is 1.53. The van der Waals surface area contributed by atoms with Crippen LogP contribution < -0.4 is 5.73 Å². The van der Waals surface area contributed by atoms with E-state index in [-0.39, 0.29) is 6.04 Å². The van der Waals surface area contributed by atoms with Crippen LogP contribution in [0.15, 0.2) is 16.7 Å². The number of rotatable bonds is 3. The van der Waals surface area contributed by atoms with E-state index in [9.17, 15) is 0 Å². The van der Waals surface area contributed by atoms with Gasteiger partial charge in [-0.2, -0.15) is 0 Å². The van der Waals surface area contributed by atoms with Gasteiger partial charge in [0.05, 0.1) is 6.26 Å². The highest BCUT2D eigenvalue weighted by molar-refractivity contribution is 5.19. The van der Waals surface area contributed by atoms with Crippen LogP contribution in [0, 0.1) is 12.8 Å². The predicted octanol–water partition coefficient (Wildman–Crippen LogP) is 2.39. The molecule has 1 aromatic heterocycles. The minimum atomic E-state index is 0.191. The lowest BCUT2D eigenvalue weighted by Crippen LogP contribution is -2.10. The Balaban J connectivity index is 2.02. The van der Waals surface area contributed by atoms with E-state index in [0.29, 0.717) is 0 Å². The summed E-state index contributed by atoms with van der Waals surface area (Å²) in [6.45, 7) is 1.97. The SMILES string of the molecule is Cc1occc1C(N)CC1CC1. The number of furan rings is 1. The molecule has 1 aliphatic rings. The molecule has 1 aliphatic carbocycles. The van der Waals surface area contributed by atoms with Crippen molar-refractivity contribution in [3.05, 3.63) is 23.7 Å². The fourth-order valence-electron chi connectivity index (χ4n) is 1.62. The summed E-state index contributed by atoms with van der Waals surface area (Å²) in [5.41, 5.74) is 7.20. The van der Waals surface area contributed by atoms with Crippen LogP contribution in [0.3, 0.4) is 0 Å². The molecule has 0 radical (unpaired) electrons. The maximum Gasteiger partial charge on any atom is 0.105 e. The lowest BCUT2D eigenvalue weighted by molar-refractivity contribution is 0.515. The minimum absolute atomic E-state index is 0.191. The number of hydrogen-bond donors (Lipinski definition) is 1. The molecule has 2 N–H and O–H groups in total. The molecule has 1 aromatic rings. The second-order valence-corrected chi connectivity index (χ2v) is 3.72. The van der Waals surface area contributed by atoms with Crippen molar-refractivity contribution in [2.75, 3.05) is 0 Å². The lowest BCUT2D eigenvalue weighted by Gasteiger charge is -2.08. The molecule has 2 nitrogen and oxygen atoms in total. The maximum absolute atomic E-state index is 6.02. The van der Waals surface area contributed by atoms with Crippen LogP contribution in [0.4, 0.5) is 0 Å². The van der Waals surface area contributed by atoms with Gasteiger partial charge in [0.15, 0.2) is 0 Å². The van der Waals surface area contributed by atoms with Crippen LogP contribution in [-0.4, -0.2) is 0 Å². The first kappa shape index (κ1) is 7.87. The molecule has 0 spiro atoms. The Labute approximate surface area is 72.7 Å². The highest BCUT2D eigenvalue weighted by Gasteiger charge is 2.25. The lowest BCUT2D eigenvalue weighted by atomic mass is 10.0. The second-order valence-electron chi connectivity index (χ2n) is 3.72. The van der Waals surface area contributed by atoms with Crippen LogP contribution in [0.25, 0.3) is 0 Å². The molecular formula is C10H15NO. The van der Waals surface area contributed by atoms with Gasteiger partial charge in [-0.05, 0) is 25.3 Å². The summed E-state index contributed by atoms with van der Waals surface area (Å²) in [6, 6.07) is 2.18. The van der Waals surface area contributed by atoms with Crippen molar-refractivity contribution in [3.8, 4) is 0 Å². The molecule has 1 saturated carbocycles. The third-order valence-electron chi connectivity index (χ3n) is 2.58. The fraction of sp³-hybridized carbons (Fsp3) is 0.600. The summed E-state index contributed by atoms with van der Waals surface area (Å²) >= 11 is 0. The van der Waals surface area contributed by atoms with Gasteiger partial charge in [-0.3, -0.25) is 0 Å². The Bertz CT molecular complexity index is 263. The van der Waals surface area contributed by atoms with E-state index in [0.717, 1.165) is 18.1 Å². The van der Waals surface area contributed by atoms with Crippen LogP contribution in [0.1, 0.15) is 36.6 Å². The molecular weight excluding hydrogens is 150 g/mol. The summed E-state index contributed by atoms with van der Waals surface area (Å²) in [5.74, 6) is 1.86. The van der Waals surface area contributed by atoms with Gasteiger partial charge in [-0.15, -0.1) is 0 Å². The Morgan fingerprint density at radius 2 is 2.42 bits per heavy atom. The summed E-state index contributed by atoms with van der Waals surface area (Å²) in [7, 11) is 0. The molecule has 1 unspecified atom stereocenters. The molecule has 12 heavy (non-hydrogen) atoms. The van der Waals surface area contributed by atoms with Gasteiger partial charge in [0.25, 0.3) is 0 Å². The molecule has 1 fully saturated rings. The van der Waals surface area contributed by atoms with Gasteiger partial charge in [0.1, 0.15) is 5.76 Å². The molecule has 2 heteroatoms. The normalized spacial score (nSPS) is 19.5. The van der Waals surface area contributed by atoms with Gasteiger partial charge in [-0.1, -0.05) is 12.8 Å². The van der Waals surface area contributed by atoms with Crippen LogP contribution in [0.2, 0.25) is 0 Å². The minimum Gasteiger partial charge on any atom is -0.469 e. The smallest absolute Gasteiger partial charge is 0.105 e. The quantitative estimate of drug-likeness (QED) is 0.746. The van der Waals surface area contributed by atoms with Crippen LogP contribution >= 0.6 is 0 Å². The standard InChI is InChI=1S/C10H15NO/c1-7-9(4-5-12-7)10(11)6-8-2-3-8/h4-5,8,10H,2-3,6,11H2,1H3. The Kier molecular flexibility index (Phi) is 1.93. The van der Waals surface area contributed by atoms with E-state index >= 15 is 0 Å². The van der Waals surface area contributed by atoms with E-state index < -0.39 is 0 Å². The highest BCUT2D eigenvalue weighted by Crippen LogP contribution is 2.37. The molecule has 0 bridgehead atoms. The van der Waals surface area contributed by atoms with Crippen molar-refractivity contribution in [2.24, 2.45) is 11.7 Å². The molecule has 0 aromatic carbocycles. The van der Waals surface area contributed by atoms with Crippen molar-refractivity contribution >= 4 is 0 Å².